The number of pyridine rings is 2. The van der Waals surface area contributed by atoms with Crippen LogP contribution in [0.2, 0.25) is 0 Å². The summed E-state index contributed by atoms with van der Waals surface area (Å²) in [5.41, 5.74) is 3.78. The predicted octanol–water partition coefficient (Wildman–Crippen LogP) is 5.45. The second kappa shape index (κ2) is 10.1. The predicted molar refractivity (Wildman–Crippen MR) is 141 cm³/mol. The largest absolute Gasteiger partial charge is 0.362 e. The molecule has 0 N–H and O–H groups in total. The van der Waals surface area contributed by atoms with Gasteiger partial charge in [-0.15, -0.1) is 4.98 Å². The van der Waals surface area contributed by atoms with Crippen molar-refractivity contribution in [3.05, 3.63) is 111 Å². The molecule has 5 rings (SSSR count). The van der Waals surface area contributed by atoms with Crippen LogP contribution in [0.5, 0.6) is 0 Å². The van der Waals surface area contributed by atoms with Gasteiger partial charge in [-0.25, -0.2) is 8.78 Å². The lowest BCUT2D eigenvalue weighted by molar-refractivity contribution is 0.181. The number of hydrogen-bond acceptors (Lipinski definition) is 4. The lowest BCUT2D eigenvalue weighted by atomic mass is 9.94. The summed E-state index contributed by atoms with van der Waals surface area (Å²) in [6, 6.07) is 17.8. The molecule has 0 saturated carbocycles. The SMILES string of the molecule is [C-]#[N+]c1ccc2c(n1)c(N1CCN(C(c3ccc(F)cc3)c3ccc(F)cc3)C[C@@H]1CC)cc(=O)n2C. The Kier molecular flexibility index (Phi) is 6.72. The lowest BCUT2D eigenvalue weighted by Gasteiger charge is -2.45. The summed E-state index contributed by atoms with van der Waals surface area (Å²) >= 11 is 0. The molecule has 3 heterocycles. The summed E-state index contributed by atoms with van der Waals surface area (Å²) in [5.74, 6) is -0.324. The first-order chi connectivity index (χ1) is 17.9. The summed E-state index contributed by atoms with van der Waals surface area (Å²) < 4.78 is 29.0. The van der Waals surface area contributed by atoms with Crippen molar-refractivity contribution < 1.29 is 8.78 Å². The van der Waals surface area contributed by atoms with E-state index in [1.165, 1.54) is 24.3 Å². The molecule has 0 amide bonds. The van der Waals surface area contributed by atoms with E-state index in [1.54, 1.807) is 54.1 Å². The van der Waals surface area contributed by atoms with Gasteiger partial charge in [-0.05, 0) is 53.9 Å². The molecule has 1 saturated heterocycles. The van der Waals surface area contributed by atoms with E-state index in [2.05, 4.69) is 26.6 Å². The van der Waals surface area contributed by atoms with Gasteiger partial charge in [0.05, 0.1) is 17.2 Å². The number of rotatable bonds is 5. The Morgan fingerprint density at radius 3 is 2.19 bits per heavy atom. The summed E-state index contributed by atoms with van der Waals surface area (Å²) in [7, 11) is 1.71. The topological polar surface area (TPSA) is 45.7 Å². The normalized spacial score (nSPS) is 16.3. The van der Waals surface area contributed by atoms with Gasteiger partial charge >= 0.3 is 0 Å². The molecule has 1 aliphatic rings. The first-order valence-corrected chi connectivity index (χ1v) is 12.3. The van der Waals surface area contributed by atoms with Crippen LogP contribution in [-0.4, -0.2) is 40.1 Å². The molecule has 188 valence electrons. The number of anilines is 1. The number of aromatic nitrogens is 2. The van der Waals surface area contributed by atoms with Crippen LogP contribution in [0.3, 0.4) is 0 Å². The highest BCUT2D eigenvalue weighted by Gasteiger charge is 2.33. The van der Waals surface area contributed by atoms with Crippen LogP contribution in [0.4, 0.5) is 20.3 Å². The van der Waals surface area contributed by atoms with Crippen LogP contribution in [0.15, 0.2) is 71.5 Å². The maximum absolute atomic E-state index is 13.7. The fourth-order valence-electron chi connectivity index (χ4n) is 5.27. The van der Waals surface area contributed by atoms with Crippen molar-refractivity contribution in [1.29, 1.82) is 0 Å². The van der Waals surface area contributed by atoms with E-state index in [-0.39, 0.29) is 35.1 Å². The molecule has 8 heteroatoms. The molecular weight excluding hydrogens is 472 g/mol. The lowest BCUT2D eigenvalue weighted by Crippen LogP contribution is -2.54. The van der Waals surface area contributed by atoms with Gasteiger partial charge in [0, 0.05) is 38.8 Å². The third kappa shape index (κ3) is 4.70. The monoisotopic (exact) mass is 499 g/mol. The van der Waals surface area contributed by atoms with Crippen molar-refractivity contribution in [3.8, 4) is 0 Å². The Labute approximate surface area is 214 Å². The fraction of sp³-hybridized carbons (Fsp3) is 0.276. The van der Waals surface area contributed by atoms with E-state index < -0.39 is 0 Å². The average Bonchev–Trinajstić information content (AvgIpc) is 2.92. The highest BCUT2D eigenvalue weighted by atomic mass is 19.1. The Morgan fingerprint density at radius 1 is 1.00 bits per heavy atom. The summed E-state index contributed by atoms with van der Waals surface area (Å²) in [6.07, 6.45) is 0.815. The molecule has 1 aliphatic heterocycles. The van der Waals surface area contributed by atoms with Crippen LogP contribution < -0.4 is 10.5 Å². The van der Waals surface area contributed by atoms with Crippen LogP contribution in [0.25, 0.3) is 15.9 Å². The van der Waals surface area contributed by atoms with Gasteiger partial charge in [-0.3, -0.25) is 9.69 Å². The summed E-state index contributed by atoms with van der Waals surface area (Å²) in [6.45, 7) is 11.5. The number of piperazine rings is 1. The van der Waals surface area contributed by atoms with Gasteiger partial charge in [-0.2, -0.15) is 0 Å². The van der Waals surface area contributed by atoms with Crippen molar-refractivity contribution in [1.82, 2.24) is 14.5 Å². The Hall–Kier alpha value is -4.09. The minimum absolute atomic E-state index is 0.0610. The third-order valence-electron chi connectivity index (χ3n) is 7.20. The van der Waals surface area contributed by atoms with Crippen molar-refractivity contribution >= 4 is 22.5 Å². The highest BCUT2D eigenvalue weighted by molar-refractivity contribution is 5.89. The van der Waals surface area contributed by atoms with Gasteiger partial charge < -0.3 is 14.3 Å². The zero-order valence-electron chi connectivity index (χ0n) is 20.7. The van der Waals surface area contributed by atoms with E-state index in [0.29, 0.717) is 30.7 Å². The Balaban J connectivity index is 1.54. The molecule has 0 bridgehead atoms. The van der Waals surface area contributed by atoms with Gasteiger partial charge in [0.2, 0.25) is 5.52 Å². The van der Waals surface area contributed by atoms with Crippen LogP contribution in [0.1, 0.15) is 30.5 Å². The molecule has 0 radical (unpaired) electrons. The zero-order chi connectivity index (χ0) is 26.1. The molecule has 1 fully saturated rings. The van der Waals surface area contributed by atoms with Crippen LogP contribution in [0, 0.1) is 18.2 Å². The summed E-state index contributed by atoms with van der Waals surface area (Å²) in [5, 5.41) is 0. The Morgan fingerprint density at radius 2 is 1.62 bits per heavy atom. The maximum Gasteiger partial charge on any atom is 0.270 e. The molecule has 2 aromatic carbocycles. The number of aryl methyl sites for hydroxylation is 1. The average molecular weight is 500 g/mol. The van der Waals surface area contributed by atoms with Crippen molar-refractivity contribution in [2.45, 2.75) is 25.4 Å². The molecule has 0 spiro atoms. The number of benzene rings is 2. The maximum atomic E-state index is 13.7. The van der Waals surface area contributed by atoms with Crippen molar-refractivity contribution in [2.75, 3.05) is 24.5 Å². The van der Waals surface area contributed by atoms with Crippen molar-refractivity contribution in [2.24, 2.45) is 7.05 Å². The number of fused-ring (bicyclic) bond motifs is 1. The highest BCUT2D eigenvalue weighted by Crippen LogP contribution is 2.34. The molecule has 6 nitrogen and oxygen atoms in total. The minimum Gasteiger partial charge on any atom is -0.362 e. The molecule has 37 heavy (non-hydrogen) atoms. The van der Waals surface area contributed by atoms with Gasteiger partial charge in [0.25, 0.3) is 11.4 Å². The summed E-state index contributed by atoms with van der Waals surface area (Å²) in [4.78, 5) is 25.4. The Bertz CT molecular complexity index is 1480. The molecule has 0 aliphatic carbocycles. The molecule has 1 atom stereocenters. The first kappa shape index (κ1) is 24.6. The van der Waals surface area contributed by atoms with Gasteiger partial charge in [0.15, 0.2) is 0 Å². The second-order valence-electron chi connectivity index (χ2n) is 9.33. The van der Waals surface area contributed by atoms with Crippen LogP contribution >= 0.6 is 0 Å². The second-order valence-corrected chi connectivity index (χ2v) is 9.33. The number of hydrogen-bond donors (Lipinski definition) is 0. The number of nitrogens with zero attached hydrogens (tertiary/aromatic N) is 5. The first-order valence-electron chi connectivity index (χ1n) is 12.3. The quantitative estimate of drug-likeness (QED) is 0.343. The van der Waals surface area contributed by atoms with Gasteiger partial charge in [0.1, 0.15) is 11.6 Å². The van der Waals surface area contributed by atoms with E-state index in [0.717, 1.165) is 23.2 Å². The van der Waals surface area contributed by atoms with Crippen LogP contribution in [-0.2, 0) is 7.05 Å². The molecule has 4 aromatic rings. The standard InChI is InChI=1S/C29H27F2N5O/c1-4-23-18-35(29(19-5-9-21(30)10-6-19)20-7-11-22(31)12-8-20)15-16-36(23)25-17-27(37)34(3)24-13-14-26(32-2)33-28(24)25/h5-14,17,23,29H,4,15-16,18H2,1,3H3/t23-/m0/s1. The van der Waals surface area contributed by atoms with E-state index in [4.69, 9.17) is 6.57 Å². The fourth-order valence-corrected chi connectivity index (χ4v) is 5.27. The minimum atomic E-state index is -0.304. The van der Waals surface area contributed by atoms with Crippen molar-refractivity contribution in [3.63, 3.8) is 0 Å². The van der Waals surface area contributed by atoms with Gasteiger partial charge in [-0.1, -0.05) is 37.8 Å². The molecule has 2 aromatic heterocycles. The van der Waals surface area contributed by atoms with E-state index in [9.17, 15) is 13.6 Å². The third-order valence-corrected chi connectivity index (χ3v) is 7.20. The smallest absolute Gasteiger partial charge is 0.270 e. The molecule has 0 unspecified atom stereocenters. The van der Waals surface area contributed by atoms with E-state index in [1.807, 2.05) is 0 Å². The van der Waals surface area contributed by atoms with E-state index >= 15 is 0 Å². The number of halogens is 2. The molecular formula is C29H27F2N5O. The zero-order valence-corrected chi connectivity index (χ0v) is 20.7.